The van der Waals surface area contributed by atoms with Crippen molar-refractivity contribution >= 4 is 21.8 Å². The molecule has 88 valence electrons. The van der Waals surface area contributed by atoms with Crippen molar-refractivity contribution < 1.29 is 4.79 Å². The molecular weight excluding hydrogens is 268 g/mol. The first-order chi connectivity index (χ1) is 7.63. The van der Waals surface area contributed by atoms with Crippen molar-refractivity contribution in [1.29, 1.82) is 0 Å². The average Bonchev–Trinajstić information content (AvgIpc) is 2.27. The molecule has 4 heteroatoms. The highest BCUT2D eigenvalue weighted by Gasteiger charge is 2.07. The summed E-state index contributed by atoms with van der Waals surface area (Å²) in [6.45, 7) is 4.73. The van der Waals surface area contributed by atoms with Gasteiger partial charge in [-0.05, 0) is 31.4 Å². The number of hydrogen-bond acceptors (Lipinski definition) is 2. The molecule has 1 unspecified atom stereocenters. The van der Waals surface area contributed by atoms with Gasteiger partial charge in [0.05, 0.1) is 5.56 Å². The third-order valence-corrected chi connectivity index (χ3v) is 2.84. The van der Waals surface area contributed by atoms with Gasteiger partial charge in [0.15, 0.2) is 0 Å². The Morgan fingerprint density at radius 1 is 1.56 bits per heavy atom. The SMILES string of the molecule is Cc1ccc(C(=O)NCC(C)CCBr)cn1. The highest BCUT2D eigenvalue weighted by Crippen LogP contribution is 2.04. The molecule has 1 aromatic heterocycles. The van der Waals surface area contributed by atoms with E-state index < -0.39 is 0 Å². The van der Waals surface area contributed by atoms with E-state index in [1.807, 2.05) is 13.0 Å². The number of carbonyl (C=O) groups excluding carboxylic acids is 1. The van der Waals surface area contributed by atoms with Crippen molar-refractivity contribution in [1.82, 2.24) is 10.3 Å². The van der Waals surface area contributed by atoms with Gasteiger partial charge in [0.2, 0.25) is 0 Å². The Kier molecular flexibility index (Phi) is 5.46. The summed E-state index contributed by atoms with van der Waals surface area (Å²) in [5, 5.41) is 3.87. The van der Waals surface area contributed by atoms with Crippen LogP contribution in [-0.4, -0.2) is 22.8 Å². The molecule has 0 aliphatic heterocycles. The molecule has 0 aliphatic carbocycles. The summed E-state index contributed by atoms with van der Waals surface area (Å²) in [6.07, 6.45) is 2.67. The van der Waals surface area contributed by atoms with Gasteiger partial charge in [-0.3, -0.25) is 9.78 Å². The number of rotatable bonds is 5. The van der Waals surface area contributed by atoms with Crippen LogP contribution < -0.4 is 5.32 Å². The standard InChI is InChI=1S/C12H17BrN2O/c1-9(5-6-13)7-15-12(16)11-4-3-10(2)14-8-11/h3-4,8-9H,5-7H2,1-2H3,(H,15,16). The van der Waals surface area contributed by atoms with E-state index in [0.717, 1.165) is 17.4 Å². The molecule has 0 fully saturated rings. The lowest BCUT2D eigenvalue weighted by Gasteiger charge is -2.10. The summed E-state index contributed by atoms with van der Waals surface area (Å²) < 4.78 is 0. The number of nitrogens with one attached hydrogen (secondary N) is 1. The molecule has 0 spiro atoms. The van der Waals surface area contributed by atoms with E-state index in [9.17, 15) is 4.79 Å². The van der Waals surface area contributed by atoms with E-state index in [1.165, 1.54) is 0 Å². The van der Waals surface area contributed by atoms with Gasteiger partial charge in [-0.15, -0.1) is 0 Å². The van der Waals surface area contributed by atoms with E-state index in [0.29, 0.717) is 18.0 Å². The quantitative estimate of drug-likeness (QED) is 0.845. The number of aromatic nitrogens is 1. The number of aryl methyl sites for hydroxylation is 1. The van der Waals surface area contributed by atoms with E-state index in [-0.39, 0.29) is 5.91 Å². The lowest BCUT2D eigenvalue weighted by atomic mass is 10.1. The van der Waals surface area contributed by atoms with Gasteiger partial charge in [-0.2, -0.15) is 0 Å². The van der Waals surface area contributed by atoms with Crippen LogP contribution in [0.3, 0.4) is 0 Å². The summed E-state index contributed by atoms with van der Waals surface area (Å²) in [6, 6.07) is 3.64. The first-order valence-corrected chi connectivity index (χ1v) is 6.52. The number of pyridine rings is 1. The molecule has 1 aromatic rings. The van der Waals surface area contributed by atoms with Crippen LogP contribution in [0, 0.1) is 12.8 Å². The zero-order valence-electron chi connectivity index (χ0n) is 9.66. The maximum atomic E-state index is 11.7. The fourth-order valence-corrected chi connectivity index (χ4v) is 2.04. The fourth-order valence-electron chi connectivity index (χ4n) is 1.26. The second-order valence-electron chi connectivity index (χ2n) is 3.98. The maximum Gasteiger partial charge on any atom is 0.252 e. The van der Waals surface area contributed by atoms with Gasteiger partial charge in [-0.1, -0.05) is 22.9 Å². The van der Waals surface area contributed by atoms with Gasteiger partial charge in [-0.25, -0.2) is 0 Å². The molecule has 0 bridgehead atoms. The average molecular weight is 285 g/mol. The molecule has 0 aliphatic rings. The van der Waals surface area contributed by atoms with E-state index in [1.54, 1.807) is 12.3 Å². The normalized spacial score (nSPS) is 12.2. The molecule has 1 atom stereocenters. The summed E-state index contributed by atoms with van der Waals surface area (Å²) in [7, 11) is 0. The number of amides is 1. The zero-order chi connectivity index (χ0) is 12.0. The molecule has 0 aromatic carbocycles. The minimum Gasteiger partial charge on any atom is -0.352 e. The molecular formula is C12H17BrN2O. The smallest absolute Gasteiger partial charge is 0.252 e. The Balaban J connectivity index is 2.43. The number of hydrogen-bond donors (Lipinski definition) is 1. The van der Waals surface area contributed by atoms with Crippen LogP contribution in [0.1, 0.15) is 29.4 Å². The monoisotopic (exact) mass is 284 g/mol. The van der Waals surface area contributed by atoms with Crippen molar-refractivity contribution in [3.8, 4) is 0 Å². The van der Waals surface area contributed by atoms with Crippen LogP contribution in [0.2, 0.25) is 0 Å². The molecule has 0 saturated heterocycles. The van der Waals surface area contributed by atoms with E-state index in [2.05, 4.69) is 33.2 Å². The molecule has 0 saturated carbocycles. The first kappa shape index (κ1) is 13.2. The second kappa shape index (κ2) is 6.63. The third-order valence-electron chi connectivity index (χ3n) is 2.39. The largest absolute Gasteiger partial charge is 0.352 e. The molecule has 1 N–H and O–H groups in total. The van der Waals surface area contributed by atoms with Gasteiger partial charge in [0, 0.05) is 23.8 Å². The molecule has 1 amide bonds. The Hall–Kier alpha value is -0.900. The topological polar surface area (TPSA) is 42.0 Å². The minimum atomic E-state index is -0.0473. The lowest BCUT2D eigenvalue weighted by molar-refractivity contribution is 0.0947. The van der Waals surface area contributed by atoms with Crippen LogP contribution in [-0.2, 0) is 0 Å². The number of carbonyl (C=O) groups is 1. The lowest BCUT2D eigenvalue weighted by Crippen LogP contribution is -2.28. The molecule has 16 heavy (non-hydrogen) atoms. The van der Waals surface area contributed by atoms with Crippen molar-refractivity contribution in [2.75, 3.05) is 11.9 Å². The Morgan fingerprint density at radius 3 is 2.88 bits per heavy atom. The van der Waals surface area contributed by atoms with Gasteiger partial charge in [0.1, 0.15) is 0 Å². The minimum absolute atomic E-state index is 0.0473. The predicted octanol–water partition coefficient (Wildman–Crippen LogP) is 2.54. The van der Waals surface area contributed by atoms with Crippen LogP contribution in [0.4, 0.5) is 0 Å². The van der Waals surface area contributed by atoms with Gasteiger partial charge >= 0.3 is 0 Å². The predicted molar refractivity (Wildman–Crippen MR) is 68.9 cm³/mol. The highest BCUT2D eigenvalue weighted by molar-refractivity contribution is 9.09. The van der Waals surface area contributed by atoms with Crippen molar-refractivity contribution in [2.24, 2.45) is 5.92 Å². The first-order valence-electron chi connectivity index (χ1n) is 5.40. The number of nitrogens with zero attached hydrogens (tertiary/aromatic N) is 1. The number of halogens is 1. The van der Waals surface area contributed by atoms with Crippen LogP contribution >= 0.6 is 15.9 Å². The van der Waals surface area contributed by atoms with Crippen LogP contribution in [0.25, 0.3) is 0 Å². The Morgan fingerprint density at radius 2 is 2.31 bits per heavy atom. The highest BCUT2D eigenvalue weighted by atomic mass is 79.9. The molecule has 0 radical (unpaired) electrons. The van der Waals surface area contributed by atoms with Gasteiger partial charge < -0.3 is 5.32 Å². The van der Waals surface area contributed by atoms with E-state index >= 15 is 0 Å². The third kappa shape index (κ3) is 4.31. The molecule has 1 rings (SSSR count). The van der Waals surface area contributed by atoms with Crippen molar-refractivity contribution in [2.45, 2.75) is 20.3 Å². The molecule has 1 heterocycles. The van der Waals surface area contributed by atoms with Crippen LogP contribution in [0.15, 0.2) is 18.3 Å². The maximum absolute atomic E-state index is 11.7. The van der Waals surface area contributed by atoms with Crippen LogP contribution in [0.5, 0.6) is 0 Å². The summed E-state index contributed by atoms with van der Waals surface area (Å²) >= 11 is 3.39. The van der Waals surface area contributed by atoms with Gasteiger partial charge in [0.25, 0.3) is 5.91 Å². The summed E-state index contributed by atoms with van der Waals surface area (Å²) in [5.74, 6) is 0.440. The number of alkyl halides is 1. The van der Waals surface area contributed by atoms with E-state index in [4.69, 9.17) is 0 Å². The zero-order valence-corrected chi connectivity index (χ0v) is 11.3. The molecule has 3 nitrogen and oxygen atoms in total. The summed E-state index contributed by atoms with van der Waals surface area (Å²) in [5.41, 5.74) is 1.54. The Labute approximate surface area is 105 Å². The van der Waals surface area contributed by atoms with Crippen molar-refractivity contribution in [3.05, 3.63) is 29.6 Å². The van der Waals surface area contributed by atoms with Crippen molar-refractivity contribution in [3.63, 3.8) is 0 Å². The second-order valence-corrected chi connectivity index (χ2v) is 4.77. The fraction of sp³-hybridized carbons (Fsp3) is 0.500. The Bertz CT molecular complexity index is 337. The summed E-state index contributed by atoms with van der Waals surface area (Å²) in [4.78, 5) is 15.8.